The summed E-state index contributed by atoms with van der Waals surface area (Å²) in [5.41, 5.74) is 2.92. The third-order valence-corrected chi connectivity index (χ3v) is 5.44. The third kappa shape index (κ3) is 3.27. The lowest BCUT2D eigenvalue weighted by atomic mass is 10.1. The van der Waals surface area contributed by atoms with Crippen LogP contribution in [0.2, 0.25) is 0 Å². The third-order valence-electron chi connectivity index (χ3n) is 5.44. The molecule has 2 atom stereocenters. The number of likely N-dealkylation sites (tertiary alicyclic amines) is 1. The molecule has 2 aromatic rings. The number of nitrogens with zero attached hydrogens (tertiary/aromatic N) is 4. The number of carbonyl (C=O) groups is 1. The Labute approximate surface area is 154 Å². The largest absolute Gasteiger partial charge is 0.373 e. The molecule has 0 unspecified atom stereocenters. The summed E-state index contributed by atoms with van der Waals surface area (Å²) in [7, 11) is 1.84. The monoisotopic (exact) mass is 354 g/mol. The van der Waals surface area contributed by atoms with Crippen LogP contribution in [0, 0.1) is 0 Å². The van der Waals surface area contributed by atoms with Crippen LogP contribution >= 0.6 is 0 Å². The second-order valence-corrected chi connectivity index (χ2v) is 7.14. The predicted octanol–water partition coefficient (Wildman–Crippen LogP) is 1.71. The average Bonchev–Trinajstić information content (AvgIpc) is 3.26. The zero-order valence-corrected chi connectivity index (χ0v) is 15.5. The van der Waals surface area contributed by atoms with Crippen LogP contribution in [-0.4, -0.2) is 63.9 Å². The summed E-state index contributed by atoms with van der Waals surface area (Å²) in [6.07, 6.45) is 0.927. The van der Waals surface area contributed by atoms with Crippen LogP contribution in [0.1, 0.15) is 28.7 Å². The van der Waals surface area contributed by atoms with E-state index in [2.05, 4.69) is 41.2 Å². The maximum Gasteiger partial charge on any atom is 0.272 e. The fourth-order valence-corrected chi connectivity index (χ4v) is 4.00. The van der Waals surface area contributed by atoms with Gasteiger partial charge < -0.3 is 9.64 Å². The molecule has 138 valence electrons. The molecule has 2 aliphatic rings. The summed E-state index contributed by atoms with van der Waals surface area (Å²) >= 11 is 0. The molecule has 1 amide bonds. The Morgan fingerprint density at radius 1 is 1.27 bits per heavy atom. The number of hydrogen-bond donors (Lipinski definition) is 0. The van der Waals surface area contributed by atoms with E-state index < -0.39 is 0 Å². The van der Waals surface area contributed by atoms with Crippen molar-refractivity contribution >= 4 is 5.91 Å². The Bertz CT molecular complexity index is 773. The number of morpholine rings is 1. The van der Waals surface area contributed by atoms with E-state index in [-0.39, 0.29) is 18.1 Å². The molecule has 1 aromatic carbocycles. The summed E-state index contributed by atoms with van der Waals surface area (Å²) in [5, 5.41) is 4.41. The van der Waals surface area contributed by atoms with E-state index in [0.717, 1.165) is 31.8 Å². The van der Waals surface area contributed by atoms with Gasteiger partial charge in [-0.3, -0.25) is 14.4 Å². The number of benzene rings is 1. The highest BCUT2D eigenvalue weighted by Gasteiger charge is 2.42. The van der Waals surface area contributed by atoms with Crippen molar-refractivity contribution in [1.82, 2.24) is 19.6 Å². The van der Waals surface area contributed by atoms with Gasteiger partial charge in [-0.1, -0.05) is 37.3 Å². The van der Waals surface area contributed by atoms with E-state index in [1.807, 2.05) is 24.1 Å². The standard InChI is InChI=1S/C20H26N4O2/c1-3-16-11-17(22(2)21-16)20(25)24-13-18-19(14-24)26-10-9-23(18)12-15-7-5-4-6-8-15/h4-8,11,18-19H,3,9-10,12-14H2,1-2H3/t18-,19+/m1/s1. The molecule has 2 aliphatic heterocycles. The normalized spacial score (nSPS) is 23.2. The number of aryl methyl sites for hydroxylation is 2. The van der Waals surface area contributed by atoms with Crippen molar-refractivity contribution < 1.29 is 9.53 Å². The molecular formula is C20H26N4O2. The summed E-state index contributed by atoms with van der Waals surface area (Å²) < 4.78 is 7.68. The van der Waals surface area contributed by atoms with Gasteiger partial charge in [0.25, 0.3) is 5.91 Å². The van der Waals surface area contributed by atoms with Gasteiger partial charge in [0.05, 0.1) is 24.4 Å². The second-order valence-electron chi connectivity index (χ2n) is 7.14. The number of aromatic nitrogens is 2. The highest BCUT2D eigenvalue weighted by molar-refractivity contribution is 5.93. The van der Waals surface area contributed by atoms with Crippen LogP contribution in [0.3, 0.4) is 0 Å². The van der Waals surface area contributed by atoms with Crippen molar-refractivity contribution in [3.05, 3.63) is 53.3 Å². The first-order valence-electron chi connectivity index (χ1n) is 9.37. The molecule has 0 N–H and O–H groups in total. The fraction of sp³-hybridized carbons (Fsp3) is 0.500. The Balaban J connectivity index is 1.48. The minimum Gasteiger partial charge on any atom is -0.373 e. The van der Waals surface area contributed by atoms with E-state index in [0.29, 0.717) is 18.8 Å². The molecule has 6 nitrogen and oxygen atoms in total. The molecule has 2 fully saturated rings. The molecule has 0 spiro atoms. The van der Waals surface area contributed by atoms with Gasteiger partial charge in [0, 0.05) is 33.2 Å². The van der Waals surface area contributed by atoms with Crippen LogP contribution in [0.25, 0.3) is 0 Å². The van der Waals surface area contributed by atoms with Crippen molar-refractivity contribution in [2.45, 2.75) is 32.0 Å². The van der Waals surface area contributed by atoms with Crippen LogP contribution < -0.4 is 0 Å². The first-order valence-corrected chi connectivity index (χ1v) is 9.37. The summed E-state index contributed by atoms with van der Waals surface area (Å²) in [6.45, 7) is 5.95. The number of fused-ring (bicyclic) bond motifs is 1. The van der Waals surface area contributed by atoms with Gasteiger partial charge in [-0.05, 0) is 18.1 Å². The lowest BCUT2D eigenvalue weighted by Crippen LogP contribution is -2.50. The van der Waals surface area contributed by atoms with Crippen LogP contribution in [0.5, 0.6) is 0 Å². The van der Waals surface area contributed by atoms with Crippen molar-refractivity contribution in [3.63, 3.8) is 0 Å². The first-order chi connectivity index (χ1) is 12.7. The van der Waals surface area contributed by atoms with E-state index >= 15 is 0 Å². The molecule has 6 heteroatoms. The second kappa shape index (κ2) is 7.21. The van der Waals surface area contributed by atoms with E-state index in [9.17, 15) is 4.79 Å². The molecule has 3 heterocycles. The number of ether oxygens (including phenoxy) is 1. The fourth-order valence-electron chi connectivity index (χ4n) is 4.00. The highest BCUT2D eigenvalue weighted by Crippen LogP contribution is 2.26. The number of carbonyl (C=O) groups excluding carboxylic acids is 1. The van der Waals surface area contributed by atoms with Crippen molar-refractivity contribution in [2.24, 2.45) is 7.05 Å². The first kappa shape index (κ1) is 17.2. The zero-order chi connectivity index (χ0) is 18.1. The molecule has 0 bridgehead atoms. The van der Waals surface area contributed by atoms with Gasteiger partial charge >= 0.3 is 0 Å². The Morgan fingerprint density at radius 2 is 2.08 bits per heavy atom. The van der Waals surface area contributed by atoms with E-state index in [1.165, 1.54) is 5.56 Å². The maximum atomic E-state index is 13.0. The zero-order valence-electron chi connectivity index (χ0n) is 15.5. The van der Waals surface area contributed by atoms with Gasteiger partial charge in [0.1, 0.15) is 5.69 Å². The summed E-state index contributed by atoms with van der Waals surface area (Å²) in [6, 6.07) is 12.7. The lowest BCUT2D eigenvalue weighted by Gasteiger charge is -2.36. The topological polar surface area (TPSA) is 50.6 Å². The highest BCUT2D eigenvalue weighted by atomic mass is 16.5. The molecule has 0 aliphatic carbocycles. The van der Waals surface area contributed by atoms with Gasteiger partial charge in [0.15, 0.2) is 0 Å². The van der Waals surface area contributed by atoms with Gasteiger partial charge in [0.2, 0.25) is 0 Å². The quantitative estimate of drug-likeness (QED) is 0.839. The van der Waals surface area contributed by atoms with Crippen molar-refractivity contribution in [2.75, 3.05) is 26.2 Å². The van der Waals surface area contributed by atoms with Crippen LogP contribution in [0.4, 0.5) is 0 Å². The smallest absolute Gasteiger partial charge is 0.272 e. The average molecular weight is 354 g/mol. The Hall–Kier alpha value is -2.18. The lowest BCUT2D eigenvalue weighted by molar-refractivity contribution is -0.0503. The molecule has 4 rings (SSSR count). The minimum atomic E-state index is 0.0531. The molecule has 1 aromatic heterocycles. The van der Waals surface area contributed by atoms with Crippen molar-refractivity contribution in [3.8, 4) is 0 Å². The van der Waals surface area contributed by atoms with Gasteiger partial charge in [-0.25, -0.2) is 0 Å². The van der Waals surface area contributed by atoms with E-state index in [4.69, 9.17) is 4.74 Å². The molecule has 2 saturated heterocycles. The SMILES string of the molecule is CCc1cc(C(=O)N2C[C@@H]3OCCN(Cc4ccccc4)[C@@H]3C2)n(C)n1. The van der Waals surface area contributed by atoms with Crippen molar-refractivity contribution in [1.29, 1.82) is 0 Å². The molecular weight excluding hydrogens is 328 g/mol. The number of rotatable bonds is 4. The minimum absolute atomic E-state index is 0.0531. The van der Waals surface area contributed by atoms with Gasteiger partial charge in [-0.15, -0.1) is 0 Å². The van der Waals surface area contributed by atoms with Gasteiger partial charge in [-0.2, -0.15) is 5.10 Å². The molecule has 0 saturated carbocycles. The van der Waals surface area contributed by atoms with E-state index in [1.54, 1.807) is 4.68 Å². The summed E-state index contributed by atoms with van der Waals surface area (Å²) in [5.74, 6) is 0.0531. The molecule has 26 heavy (non-hydrogen) atoms. The number of amides is 1. The van der Waals surface area contributed by atoms with Crippen LogP contribution in [-0.2, 0) is 24.8 Å². The Kier molecular flexibility index (Phi) is 4.78. The number of hydrogen-bond acceptors (Lipinski definition) is 4. The summed E-state index contributed by atoms with van der Waals surface area (Å²) in [4.78, 5) is 17.4. The van der Waals surface area contributed by atoms with Crippen LogP contribution in [0.15, 0.2) is 36.4 Å². The molecule has 0 radical (unpaired) electrons. The maximum absolute atomic E-state index is 13.0. The predicted molar refractivity (Wildman–Crippen MR) is 98.9 cm³/mol. The Morgan fingerprint density at radius 3 is 2.81 bits per heavy atom.